The van der Waals surface area contributed by atoms with E-state index in [1.807, 2.05) is 0 Å². The summed E-state index contributed by atoms with van der Waals surface area (Å²) < 4.78 is 5.78. The second-order valence-electron chi connectivity index (χ2n) is 5.74. The van der Waals surface area contributed by atoms with Crippen LogP contribution in [0.5, 0.6) is 0 Å². The van der Waals surface area contributed by atoms with Crippen LogP contribution in [0.15, 0.2) is 0 Å². The highest BCUT2D eigenvalue weighted by Crippen LogP contribution is 2.36. The summed E-state index contributed by atoms with van der Waals surface area (Å²) >= 11 is 0. The van der Waals surface area contributed by atoms with Crippen molar-refractivity contribution < 1.29 is 9.84 Å². The summed E-state index contributed by atoms with van der Waals surface area (Å²) in [4.78, 5) is 0. The largest absolute Gasteiger partial charge is 0.390 e. The molecule has 1 saturated carbocycles. The molecule has 2 aliphatic rings. The van der Waals surface area contributed by atoms with Crippen LogP contribution in [-0.4, -0.2) is 23.4 Å². The SMILES string of the molecule is CCC1CCC(C(O)C2CCC(C)O2)CC1. The van der Waals surface area contributed by atoms with E-state index in [0.29, 0.717) is 12.0 Å². The maximum absolute atomic E-state index is 10.3. The summed E-state index contributed by atoms with van der Waals surface area (Å²) in [6.07, 6.45) is 8.76. The first kappa shape index (κ1) is 12.4. The lowest BCUT2D eigenvalue weighted by Gasteiger charge is -2.33. The van der Waals surface area contributed by atoms with Crippen LogP contribution in [0.4, 0.5) is 0 Å². The Morgan fingerprint density at radius 3 is 2.31 bits per heavy atom. The van der Waals surface area contributed by atoms with Gasteiger partial charge in [-0.05, 0) is 44.4 Å². The molecule has 0 spiro atoms. The lowest BCUT2D eigenvalue weighted by atomic mass is 9.77. The lowest BCUT2D eigenvalue weighted by Crippen LogP contribution is -2.35. The Kier molecular flexibility index (Phi) is 4.26. The molecule has 2 fully saturated rings. The number of rotatable bonds is 3. The van der Waals surface area contributed by atoms with Crippen LogP contribution < -0.4 is 0 Å². The molecule has 2 heteroatoms. The maximum atomic E-state index is 10.3. The fourth-order valence-corrected chi connectivity index (χ4v) is 3.33. The highest BCUT2D eigenvalue weighted by Gasteiger charge is 2.35. The zero-order valence-corrected chi connectivity index (χ0v) is 10.7. The van der Waals surface area contributed by atoms with E-state index in [9.17, 15) is 5.11 Å². The fraction of sp³-hybridized carbons (Fsp3) is 1.00. The normalized spacial score (nSPS) is 42.2. The first-order chi connectivity index (χ1) is 7.70. The molecule has 3 atom stereocenters. The van der Waals surface area contributed by atoms with Gasteiger partial charge in [-0.15, -0.1) is 0 Å². The molecule has 3 unspecified atom stereocenters. The predicted molar refractivity (Wildman–Crippen MR) is 65.3 cm³/mol. The van der Waals surface area contributed by atoms with E-state index in [4.69, 9.17) is 4.74 Å². The van der Waals surface area contributed by atoms with Gasteiger partial charge in [-0.25, -0.2) is 0 Å². The Bertz CT molecular complexity index is 209. The van der Waals surface area contributed by atoms with Gasteiger partial charge < -0.3 is 9.84 Å². The zero-order chi connectivity index (χ0) is 11.5. The summed E-state index contributed by atoms with van der Waals surface area (Å²) in [5.74, 6) is 1.41. The van der Waals surface area contributed by atoms with E-state index < -0.39 is 0 Å². The molecule has 0 bridgehead atoms. The Morgan fingerprint density at radius 2 is 1.81 bits per heavy atom. The second-order valence-corrected chi connectivity index (χ2v) is 5.74. The summed E-state index contributed by atoms with van der Waals surface area (Å²) in [5, 5.41) is 10.3. The molecule has 0 aromatic carbocycles. The van der Waals surface area contributed by atoms with Gasteiger partial charge in [-0.1, -0.05) is 26.2 Å². The van der Waals surface area contributed by atoms with Crippen LogP contribution in [-0.2, 0) is 4.74 Å². The van der Waals surface area contributed by atoms with E-state index in [-0.39, 0.29) is 12.2 Å². The van der Waals surface area contributed by atoms with Gasteiger partial charge in [0, 0.05) is 0 Å². The van der Waals surface area contributed by atoms with E-state index in [2.05, 4.69) is 13.8 Å². The second kappa shape index (κ2) is 5.50. The van der Waals surface area contributed by atoms with Crippen molar-refractivity contribution in [1.29, 1.82) is 0 Å². The molecule has 2 rings (SSSR count). The van der Waals surface area contributed by atoms with Gasteiger partial charge in [0.2, 0.25) is 0 Å². The standard InChI is InChI=1S/C14H26O2/c1-3-11-5-7-12(8-6-11)14(15)13-9-4-10(2)16-13/h10-15H,3-9H2,1-2H3. The van der Waals surface area contributed by atoms with Crippen LogP contribution in [0, 0.1) is 11.8 Å². The lowest BCUT2D eigenvalue weighted by molar-refractivity contribution is -0.0622. The number of hydrogen-bond acceptors (Lipinski definition) is 2. The van der Waals surface area contributed by atoms with Crippen molar-refractivity contribution >= 4 is 0 Å². The Balaban J connectivity index is 1.79. The minimum absolute atomic E-state index is 0.123. The molecule has 94 valence electrons. The molecule has 0 radical (unpaired) electrons. The zero-order valence-electron chi connectivity index (χ0n) is 10.7. The van der Waals surface area contributed by atoms with E-state index in [0.717, 1.165) is 18.8 Å². The number of hydrogen-bond donors (Lipinski definition) is 1. The average molecular weight is 226 g/mol. The molecule has 0 amide bonds. The van der Waals surface area contributed by atoms with Gasteiger partial charge in [-0.3, -0.25) is 0 Å². The molecule has 1 heterocycles. The molecule has 0 aromatic rings. The maximum Gasteiger partial charge on any atom is 0.0841 e. The predicted octanol–water partition coefficient (Wildman–Crippen LogP) is 3.13. The minimum Gasteiger partial charge on any atom is -0.390 e. The van der Waals surface area contributed by atoms with Crippen molar-refractivity contribution in [3.8, 4) is 0 Å². The summed E-state index contributed by atoms with van der Waals surface area (Å²) in [6, 6.07) is 0. The molecule has 1 saturated heterocycles. The van der Waals surface area contributed by atoms with Crippen molar-refractivity contribution in [3.63, 3.8) is 0 Å². The Morgan fingerprint density at radius 1 is 1.12 bits per heavy atom. The molecule has 1 N–H and O–H groups in total. The number of aliphatic hydroxyl groups is 1. The van der Waals surface area contributed by atoms with Crippen molar-refractivity contribution in [3.05, 3.63) is 0 Å². The van der Waals surface area contributed by atoms with Crippen molar-refractivity contribution in [2.24, 2.45) is 11.8 Å². The smallest absolute Gasteiger partial charge is 0.0841 e. The van der Waals surface area contributed by atoms with Gasteiger partial charge >= 0.3 is 0 Å². The van der Waals surface area contributed by atoms with Crippen LogP contribution >= 0.6 is 0 Å². The summed E-state index contributed by atoms with van der Waals surface area (Å²) in [6.45, 7) is 4.39. The Hall–Kier alpha value is -0.0800. The van der Waals surface area contributed by atoms with Gasteiger partial charge in [-0.2, -0.15) is 0 Å². The van der Waals surface area contributed by atoms with Crippen LogP contribution in [0.2, 0.25) is 0 Å². The topological polar surface area (TPSA) is 29.5 Å². The molecule has 16 heavy (non-hydrogen) atoms. The monoisotopic (exact) mass is 226 g/mol. The van der Waals surface area contributed by atoms with Gasteiger partial charge in [0.05, 0.1) is 18.3 Å². The first-order valence-corrected chi connectivity index (χ1v) is 7.04. The molecule has 1 aliphatic carbocycles. The van der Waals surface area contributed by atoms with Gasteiger partial charge in [0.15, 0.2) is 0 Å². The number of aliphatic hydroxyl groups excluding tert-OH is 1. The summed E-state index contributed by atoms with van der Waals surface area (Å²) in [7, 11) is 0. The highest BCUT2D eigenvalue weighted by molar-refractivity contribution is 4.85. The molecule has 2 nitrogen and oxygen atoms in total. The van der Waals surface area contributed by atoms with Gasteiger partial charge in [0.1, 0.15) is 0 Å². The third-order valence-electron chi connectivity index (χ3n) is 4.60. The van der Waals surface area contributed by atoms with E-state index in [1.54, 1.807) is 0 Å². The van der Waals surface area contributed by atoms with Gasteiger partial charge in [0.25, 0.3) is 0 Å². The number of ether oxygens (including phenoxy) is 1. The molecule has 1 aliphatic heterocycles. The van der Waals surface area contributed by atoms with Crippen molar-refractivity contribution in [2.45, 2.75) is 77.1 Å². The summed E-state index contributed by atoms with van der Waals surface area (Å²) in [5.41, 5.74) is 0. The molecule has 0 aromatic heterocycles. The van der Waals surface area contributed by atoms with Crippen LogP contribution in [0.1, 0.15) is 58.8 Å². The quantitative estimate of drug-likeness (QED) is 0.801. The van der Waals surface area contributed by atoms with Crippen molar-refractivity contribution in [1.82, 2.24) is 0 Å². The molecular formula is C14H26O2. The van der Waals surface area contributed by atoms with Crippen molar-refractivity contribution in [2.75, 3.05) is 0 Å². The van der Waals surface area contributed by atoms with E-state index >= 15 is 0 Å². The van der Waals surface area contributed by atoms with Crippen LogP contribution in [0.25, 0.3) is 0 Å². The fourth-order valence-electron chi connectivity index (χ4n) is 3.33. The Labute approximate surface area is 99.4 Å². The highest BCUT2D eigenvalue weighted by atomic mass is 16.5. The molecular weight excluding hydrogens is 200 g/mol. The third-order valence-corrected chi connectivity index (χ3v) is 4.60. The average Bonchev–Trinajstić information content (AvgIpc) is 2.75. The third kappa shape index (κ3) is 2.78. The minimum atomic E-state index is -0.206. The van der Waals surface area contributed by atoms with Crippen LogP contribution in [0.3, 0.4) is 0 Å². The first-order valence-electron chi connectivity index (χ1n) is 7.04. The van der Waals surface area contributed by atoms with E-state index in [1.165, 1.54) is 32.1 Å².